The molecule has 0 spiro atoms. The number of aliphatic carboxylic acids is 1. The first-order valence-electron chi connectivity index (χ1n) is 6.87. The van der Waals surface area contributed by atoms with E-state index in [0.29, 0.717) is 19.0 Å². The van der Waals surface area contributed by atoms with Crippen LogP contribution < -0.4 is 10.1 Å². The van der Waals surface area contributed by atoms with E-state index in [4.69, 9.17) is 14.6 Å². The standard InChI is InChI=1S/C15H19NO5/c1-20-12-4-2-10(3-5-12)13(16-14(17)15(18)19)11-6-8-21-9-7-11/h2-5,11,13H,6-9H2,1H3,(H,16,17)(H,18,19). The van der Waals surface area contributed by atoms with E-state index in [0.717, 1.165) is 18.4 Å². The van der Waals surface area contributed by atoms with Gasteiger partial charge in [0.05, 0.1) is 13.2 Å². The highest BCUT2D eigenvalue weighted by Crippen LogP contribution is 2.31. The van der Waals surface area contributed by atoms with E-state index in [1.54, 1.807) is 19.2 Å². The summed E-state index contributed by atoms with van der Waals surface area (Å²) in [6.45, 7) is 1.25. The predicted molar refractivity (Wildman–Crippen MR) is 75.1 cm³/mol. The van der Waals surface area contributed by atoms with Crippen LogP contribution in [0.4, 0.5) is 0 Å². The van der Waals surface area contributed by atoms with Crippen molar-refractivity contribution >= 4 is 11.9 Å². The van der Waals surface area contributed by atoms with Gasteiger partial charge in [0.2, 0.25) is 0 Å². The molecule has 6 heteroatoms. The first-order chi connectivity index (χ1) is 10.1. The number of nitrogens with one attached hydrogen (secondary N) is 1. The molecule has 0 radical (unpaired) electrons. The molecule has 1 saturated heterocycles. The normalized spacial score (nSPS) is 17.0. The van der Waals surface area contributed by atoms with Crippen LogP contribution in [-0.4, -0.2) is 37.3 Å². The van der Waals surface area contributed by atoms with Gasteiger partial charge in [-0.3, -0.25) is 4.79 Å². The van der Waals surface area contributed by atoms with E-state index in [1.807, 2.05) is 12.1 Å². The largest absolute Gasteiger partial charge is 0.497 e. The Labute approximate surface area is 123 Å². The van der Waals surface area contributed by atoms with Crippen molar-refractivity contribution in [1.29, 1.82) is 0 Å². The van der Waals surface area contributed by atoms with Gasteiger partial charge in [-0.05, 0) is 36.5 Å². The lowest BCUT2D eigenvalue weighted by Gasteiger charge is -2.31. The van der Waals surface area contributed by atoms with Crippen LogP contribution in [0.3, 0.4) is 0 Å². The summed E-state index contributed by atoms with van der Waals surface area (Å²) >= 11 is 0. The van der Waals surface area contributed by atoms with Gasteiger partial charge in [0.15, 0.2) is 0 Å². The SMILES string of the molecule is COc1ccc(C(NC(=O)C(=O)O)C2CCOCC2)cc1. The van der Waals surface area contributed by atoms with Crippen LogP contribution in [0.5, 0.6) is 5.75 Å². The predicted octanol–water partition coefficient (Wildman–Crippen LogP) is 1.36. The fourth-order valence-electron chi connectivity index (χ4n) is 2.54. The molecule has 1 aliphatic rings. The number of hydrogen-bond acceptors (Lipinski definition) is 4. The molecule has 1 fully saturated rings. The quantitative estimate of drug-likeness (QED) is 0.819. The number of hydrogen-bond donors (Lipinski definition) is 2. The summed E-state index contributed by atoms with van der Waals surface area (Å²) in [6, 6.07) is 6.97. The third-order valence-electron chi connectivity index (χ3n) is 3.69. The first-order valence-corrected chi connectivity index (χ1v) is 6.87. The van der Waals surface area contributed by atoms with Crippen LogP contribution in [0.2, 0.25) is 0 Å². The second kappa shape index (κ2) is 7.08. The van der Waals surface area contributed by atoms with Crippen LogP contribution in [0, 0.1) is 5.92 Å². The minimum Gasteiger partial charge on any atom is -0.497 e. The minimum atomic E-state index is -1.47. The average Bonchev–Trinajstić information content (AvgIpc) is 2.53. The van der Waals surface area contributed by atoms with E-state index in [-0.39, 0.29) is 12.0 Å². The number of carbonyl (C=O) groups is 2. The van der Waals surface area contributed by atoms with Crippen molar-refractivity contribution in [2.45, 2.75) is 18.9 Å². The Kier molecular flexibility index (Phi) is 5.16. The van der Waals surface area contributed by atoms with E-state index in [2.05, 4.69) is 5.32 Å². The van der Waals surface area contributed by atoms with Crippen molar-refractivity contribution in [3.05, 3.63) is 29.8 Å². The molecule has 21 heavy (non-hydrogen) atoms. The van der Waals surface area contributed by atoms with E-state index < -0.39 is 11.9 Å². The maximum atomic E-state index is 11.5. The Hall–Kier alpha value is -2.08. The molecule has 1 aromatic carbocycles. The number of methoxy groups -OCH3 is 1. The van der Waals surface area contributed by atoms with Gasteiger partial charge in [0.1, 0.15) is 5.75 Å². The van der Waals surface area contributed by atoms with Crippen molar-refractivity contribution in [2.24, 2.45) is 5.92 Å². The van der Waals surface area contributed by atoms with Gasteiger partial charge < -0.3 is 19.9 Å². The lowest BCUT2D eigenvalue weighted by atomic mass is 9.87. The number of benzene rings is 1. The third-order valence-corrected chi connectivity index (χ3v) is 3.69. The van der Waals surface area contributed by atoms with Crippen molar-refractivity contribution < 1.29 is 24.2 Å². The Morgan fingerprint density at radius 1 is 1.29 bits per heavy atom. The number of rotatable bonds is 4. The fraction of sp³-hybridized carbons (Fsp3) is 0.467. The summed E-state index contributed by atoms with van der Waals surface area (Å²) in [5.41, 5.74) is 0.873. The Balaban J connectivity index is 2.20. The molecule has 2 N–H and O–H groups in total. The zero-order valence-electron chi connectivity index (χ0n) is 11.9. The second-order valence-corrected chi connectivity index (χ2v) is 4.98. The summed E-state index contributed by atoms with van der Waals surface area (Å²) in [5, 5.41) is 11.4. The summed E-state index contributed by atoms with van der Waals surface area (Å²) in [5.74, 6) is -1.58. The number of carbonyl (C=O) groups excluding carboxylic acids is 1. The van der Waals surface area contributed by atoms with Crippen LogP contribution in [0.15, 0.2) is 24.3 Å². The average molecular weight is 293 g/mol. The molecule has 1 unspecified atom stereocenters. The van der Waals surface area contributed by atoms with Crippen molar-refractivity contribution in [1.82, 2.24) is 5.32 Å². The van der Waals surface area contributed by atoms with Gasteiger partial charge in [-0.2, -0.15) is 0 Å². The van der Waals surface area contributed by atoms with Crippen LogP contribution in [0.1, 0.15) is 24.4 Å². The molecule has 2 rings (SSSR count). The lowest BCUT2D eigenvalue weighted by molar-refractivity contribution is -0.150. The molecule has 0 bridgehead atoms. The Morgan fingerprint density at radius 2 is 1.90 bits per heavy atom. The molecule has 6 nitrogen and oxygen atoms in total. The summed E-state index contributed by atoms with van der Waals surface area (Å²) in [7, 11) is 1.58. The Bertz CT molecular complexity index is 493. The van der Waals surface area contributed by atoms with E-state index >= 15 is 0 Å². The zero-order valence-corrected chi connectivity index (χ0v) is 11.9. The van der Waals surface area contributed by atoms with Crippen molar-refractivity contribution in [2.75, 3.05) is 20.3 Å². The second-order valence-electron chi connectivity index (χ2n) is 4.98. The fourth-order valence-corrected chi connectivity index (χ4v) is 2.54. The zero-order chi connectivity index (χ0) is 15.2. The first kappa shape index (κ1) is 15.3. The van der Waals surface area contributed by atoms with E-state index in [1.165, 1.54) is 0 Å². The molecule has 1 atom stereocenters. The third kappa shape index (κ3) is 3.95. The number of carboxylic acid groups (broad SMARTS) is 1. The van der Waals surface area contributed by atoms with Crippen LogP contribution >= 0.6 is 0 Å². The maximum Gasteiger partial charge on any atom is 0.394 e. The molecule has 0 aliphatic carbocycles. The molecule has 1 amide bonds. The summed E-state index contributed by atoms with van der Waals surface area (Å²) in [4.78, 5) is 22.3. The topological polar surface area (TPSA) is 84.9 Å². The maximum absolute atomic E-state index is 11.5. The summed E-state index contributed by atoms with van der Waals surface area (Å²) < 4.78 is 10.4. The van der Waals surface area contributed by atoms with Gasteiger partial charge >= 0.3 is 11.9 Å². The number of ether oxygens (including phenoxy) is 2. The van der Waals surface area contributed by atoms with Gasteiger partial charge in [0.25, 0.3) is 0 Å². The molecule has 0 aromatic heterocycles. The minimum absolute atomic E-state index is 0.162. The molecular weight excluding hydrogens is 274 g/mol. The monoisotopic (exact) mass is 293 g/mol. The molecule has 1 aromatic rings. The van der Waals surface area contributed by atoms with Crippen molar-refractivity contribution in [3.63, 3.8) is 0 Å². The number of carboxylic acids is 1. The molecule has 1 aliphatic heterocycles. The molecular formula is C15H19NO5. The highest BCUT2D eigenvalue weighted by atomic mass is 16.5. The smallest absolute Gasteiger partial charge is 0.394 e. The van der Waals surface area contributed by atoms with Gasteiger partial charge in [-0.25, -0.2) is 4.79 Å². The highest BCUT2D eigenvalue weighted by molar-refractivity contribution is 6.31. The van der Waals surface area contributed by atoms with Gasteiger partial charge in [0, 0.05) is 13.2 Å². The van der Waals surface area contributed by atoms with Crippen LogP contribution in [-0.2, 0) is 14.3 Å². The Morgan fingerprint density at radius 3 is 2.43 bits per heavy atom. The number of amides is 1. The highest BCUT2D eigenvalue weighted by Gasteiger charge is 2.28. The summed E-state index contributed by atoms with van der Waals surface area (Å²) in [6.07, 6.45) is 1.58. The van der Waals surface area contributed by atoms with E-state index in [9.17, 15) is 9.59 Å². The van der Waals surface area contributed by atoms with Gasteiger partial charge in [-0.15, -0.1) is 0 Å². The van der Waals surface area contributed by atoms with Crippen molar-refractivity contribution in [3.8, 4) is 5.75 Å². The van der Waals surface area contributed by atoms with Gasteiger partial charge in [-0.1, -0.05) is 12.1 Å². The molecule has 1 heterocycles. The molecule has 114 valence electrons. The molecule has 0 saturated carbocycles. The van der Waals surface area contributed by atoms with Crippen LogP contribution in [0.25, 0.3) is 0 Å². The lowest BCUT2D eigenvalue weighted by Crippen LogP contribution is -2.39.